The van der Waals surface area contributed by atoms with E-state index in [1.165, 1.54) is 24.5 Å². The van der Waals surface area contributed by atoms with Crippen molar-refractivity contribution >= 4 is 63.8 Å². The number of benzene rings is 1. The van der Waals surface area contributed by atoms with Gasteiger partial charge in [0.1, 0.15) is 4.99 Å². The second kappa shape index (κ2) is 9.21. The molecule has 1 aromatic carbocycles. The fraction of sp³-hybridized carbons (Fsp3) is 0.150. The first kappa shape index (κ1) is 24.8. The highest BCUT2D eigenvalue weighted by atomic mass is 35.5. The number of alkyl halides is 4. The number of para-hydroxylation sites is 1. The Labute approximate surface area is 199 Å². The molecule has 1 aromatic heterocycles. The molecule has 2 aromatic rings. The van der Waals surface area contributed by atoms with Gasteiger partial charge in [-0.15, -0.1) is 11.6 Å². The third kappa shape index (κ3) is 5.41. The molecule has 33 heavy (non-hydrogen) atoms. The lowest BCUT2D eigenvalue weighted by Crippen LogP contribution is -2.58. The van der Waals surface area contributed by atoms with E-state index in [1.807, 2.05) is 5.32 Å². The van der Waals surface area contributed by atoms with Crippen molar-refractivity contribution in [3.8, 4) is 0 Å². The predicted molar refractivity (Wildman–Crippen MR) is 123 cm³/mol. The van der Waals surface area contributed by atoms with Gasteiger partial charge in [-0.2, -0.15) is 13.2 Å². The van der Waals surface area contributed by atoms with Crippen LogP contribution in [0.25, 0.3) is 5.57 Å². The standard InChI is InChI=1S/C20H15ClF3N3O4S2/c21-18(16(32)27-17(25)29)10-11(7-8-19(18,30)33-20(22,23)24)12-4-1-2-5-13(12)26-15(28)14-6-3-9-31-14/h1-10,30H,(H,26,28)(H3,25,27,29,32). The molecule has 0 spiro atoms. The summed E-state index contributed by atoms with van der Waals surface area (Å²) in [6.07, 6.45) is 4.39. The topological polar surface area (TPSA) is 118 Å². The largest absolute Gasteiger partial charge is 0.459 e. The smallest absolute Gasteiger partial charge is 0.444 e. The number of urea groups is 1. The minimum atomic E-state index is -4.90. The highest BCUT2D eigenvalue weighted by Gasteiger charge is 2.57. The first-order chi connectivity index (χ1) is 15.3. The number of hydrogen-bond donors (Lipinski definition) is 4. The van der Waals surface area contributed by atoms with Gasteiger partial charge in [-0.05, 0) is 47.7 Å². The molecular formula is C20H15ClF3N3O4S2. The van der Waals surface area contributed by atoms with Crippen LogP contribution in [0.5, 0.6) is 0 Å². The van der Waals surface area contributed by atoms with Crippen molar-refractivity contribution in [3.05, 3.63) is 72.2 Å². The van der Waals surface area contributed by atoms with E-state index in [-0.39, 0.29) is 17.0 Å². The van der Waals surface area contributed by atoms with Gasteiger partial charge in [0.25, 0.3) is 5.91 Å². The van der Waals surface area contributed by atoms with Gasteiger partial charge in [-0.3, -0.25) is 4.79 Å². The van der Waals surface area contributed by atoms with Crippen molar-refractivity contribution in [1.29, 1.82) is 0 Å². The van der Waals surface area contributed by atoms with E-state index in [4.69, 9.17) is 34.0 Å². The zero-order chi connectivity index (χ0) is 24.4. The SMILES string of the molecule is NC(=O)NC(=S)C1(Cl)C=C(c2ccccc2NC(=O)c2ccco2)C=CC1(O)SC(F)(F)F. The summed E-state index contributed by atoms with van der Waals surface area (Å²) in [6.45, 7) is 0. The van der Waals surface area contributed by atoms with Crippen LogP contribution in [-0.4, -0.2) is 37.3 Å². The molecule has 0 saturated heterocycles. The number of halogens is 4. The molecule has 2 unspecified atom stereocenters. The minimum Gasteiger partial charge on any atom is -0.459 e. The number of thiocarbonyl (C=S) groups is 1. The Morgan fingerprint density at radius 3 is 2.52 bits per heavy atom. The van der Waals surface area contributed by atoms with E-state index in [2.05, 4.69) is 5.32 Å². The minimum absolute atomic E-state index is 0.0347. The van der Waals surface area contributed by atoms with E-state index >= 15 is 0 Å². The van der Waals surface area contributed by atoms with Gasteiger partial charge in [0, 0.05) is 11.3 Å². The fourth-order valence-corrected chi connectivity index (χ4v) is 4.53. The molecule has 1 aliphatic carbocycles. The van der Waals surface area contributed by atoms with Crippen molar-refractivity contribution in [3.63, 3.8) is 0 Å². The Bertz CT molecular complexity index is 1150. The normalized spacial score (nSPS) is 22.4. The lowest BCUT2D eigenvalue weighted by Gasteiger charge is -2.41. The van der Waals surface area contributed by atoms with Crippen LogP contribution < -0.4 is 16.4 Å². The molecule has 3 rings (SSSR count). The number of anilines is 1. The number of rotatable bonds is 5. The highest BCUT2D eigenvalue weighted by molar-refractivity contribution is 8.01. The van der Waals surface area contributed by atoms with Gasteiger partial charge in [0.2, 0.25) is 0 Å². The third-order valence-corrected chi connectivity index (χ3v) is 6.67. The van der Waals surface area contributed by atoms with Crippen LogP contribution in [0.15, 0.2) is 65.3 Å². The molecule has 174 valence electrons. The Hall–Kier alpha value is -2.80. The number of carbonyl (C=O) groups is 2. The Morgan fingerprint density at radius 2 is 1.91 bits per heavy atom. The van der Waals surface area contributed by atoms with Crippen LogP contribution in [0.2, 0.25) is 0 Å². The fourth-order valence-electron chi connectivity index (χ4n) is 3.01. The number of allylic oxidation sites excluding steroid dienone is 2. The lowest BCUT2D eigenvalue weighted by molar-refractivity contribution is -0.0376. The average Bonchev–Trinajstić information content (AvgIpc) is 3.24. The van der Waals surface area contributed by atoms with Crippen molar-refractivity contribution < 1.29 is 32.3 Å². The first-order valence-electron chi connectivity index (χ1n) is 9.00. The Kier molecular flexibility index (Phi) is 6.93. The number of nitrogens with one attached hydrogen (secondary N) is 2. The molecule has 0 radical (unpaired) electrons. The van der Waals surface area contributed by atoms with Gasteiger partial charge in [0.15, 0.2) is 15.6 Å². The number of amides is 3. The molecule has 3 amide bonds. The zero-order valence-corrected chi connectivity index (χ0v) is 18.7. The summed E-state index contributed by atoms with van der Waals surface area (Å²) in [5, 5.41) is 15.4. The summed E-state index contributed by atoms with van der Waals surface area (Å²) in [5.74, 6) is -0.535. The van der Waals surface area contributed by atoms with Crippen LogP contribution in [-0.2, 0) is 0 Å². The molecule has 1 aliphatic rings. The molecule has 0 saturated carbocycles. The summed E-state index contributed by atoms with van der Waals surface area (Å²) in [7, 11) is 0. The van der Waals surface area contributed by atoms with E-state index in [9.17, 15) is 27.9 Å². The lowest BCUT2D eigenvalue weighted by atomic mass is 9.88. The maximum Gasteiger partial charge on any atom is 0.444 e. The van der Waals surface area contributed by atoms with Gasteiger partial charge in [0.05, 0.1) is 6.26 Å². The molecule has 7 nitrogen and oxygen atoms in total. The van der Waals surface area contributed by atoms with Gasteiger partial charge >= 0.3 is 11.5 Å². The molecule has 0 fully saturated rings. The van der Waals surface area contributed by atoms with Crippen LogP contribution in [0, 0.1) is 0 Å². The Balaban J connectivity index is 2.06. The average molecular weight is 518 g/mol. The molecule has 0 bridgehead atoms. The van der Waals surface area contributed by atoms with Gasteiger partial charge < -0.3 is 25.9 Å². The van der Waals surface area contributed by atoms with E-state index in [1.54, 1.807) is 24.3 Å². The summed E-state index contributed by atoms with van der Waals surface area (Å²) < 4.78 is 44.6. The van der Waals surface area contributed by atoms with Crippen molar-refractivity contribution in [2.24, 2.45) is 5.73 Å². The maximum atomic E-state index is 13.2. The maximum absolute atomic E-state index is 13.2. The number of furan rings is 1. The van der Waals surface area contributed by atoms with Crippen molar-refractivity contribution in [2.45, 2.75) is 15.3 Å². The van der Waals surface area contributed by atoms with Crippen LogP contribution in [0.4, 0.5) is 23.7 Å². The van der Waals surface area contributed by atoms with E-state index in [0.717, 1.165) is 12.2 Å². The number of carbonyl (C=O) groups excluding carboxylic acids is 2. The Morgan fingerprint density at radius 1 is 1.21 bits per heavy atom. The molecule has 0 aliphatic heterocycles. The van der Waals surface area contributed by atoms with Crippen LogP contribution in [0.3, 0.4) is 0 Å². The summed E-state index contributed by atoms with van der Waals surface area (Å²) >= 11 is 10.7. The first-order valence-corrected chi connectivity index (χ1v) is 10.6. The van der Waals surface area contributed by atoms with Crippen LogP contribution >= 0.6 is 35.6 Å². The molecule has 5 N–H and O–H groups in total. The number of nitrogens with two attached hydrogens (primary N) is 1. The number of hydrogen-bond acceptors (Lipinski definition) is 6. The van der Waals surface area contributed by atoms with Gasteiger partial charge in [-0.1, -0.05) is 36.5 Å². The predicted octanol–water partition coefficient (Wildman–Crippen LogP) is 4.40. The van der Waals surface area contributed by atoms with E-state index in [0.29, 0.717) is 5.56 Å². The number of primary amides is 1. The third-order valence-electron chi connectivity index (χ3n) is 4.43. The summed E-state index contributed by atoms with van der Waals surface area (Å²) in [5.41, 5.74) is 0.974. The van der Waals surface area contributed by atoms with Gasteiger partial charge in [-0.25, -0.2) is 4.79 Å². The number of thioether (sulfide) groups is 1. The van der Waals surface area contributed by atoms with Crippen molar-refractivity contribution in [1.82, 2.24) is 5.32 Å². The van der Waals surface area contributed by atoms with Crippen molar-refractivity contribution in [2.75, 3.05) is 5.32 Å². The zero-order valence-electron chi connectivity index (χ0n) is 16.4. The summed E-state index contributed by atoms with van der Waals surface area (Å²) in [6, 6.07) is 8.16. The molecule has 1 heterocycles. The second-order valence-corrected chi connectivity index (χ2v) is 8.98. The second-order valence-electron chi connectivity index (χ2n) is 6.68. The molecule has 13 heteroatoms. The molecular weight excluding hydrogens is 503 g/mol. The highest BCUT2D eigenvalue weighted by Crippen LogP contribution is 2.52. The number of aliphatic hydroxyl groups is 1. The van der Waals surface area contributed by atoms with Crippen LogP contribution in [0.1, 0.15) is 16.1 Å². The quantitative estimate of drug-likeness (QED) is 0.265. The summed E-state index contributed by atoms with van der Waals surface area (Å²) in [4.78, 5) is 17.8. The van der Waals surface area contributed by atoms with E-state index < -0.39 is 44.0 Å². The molecule has 2 atom stereocenters. The monoisotopic (exact) mass is 517 g/mol.